The molecule has 0 aliphatic carbocycles. The molecular weight excluding hydrogens is 909 g/mol. The summed E-state index contributed by atoms with van der Waals surface area (Å²) in [4.78, 5) is 24.5. The molecule has 1 unspecified atom stereocenters. The first-order valence-corrected chi connectivity index (χ1v) is 31.1. The van der Waals surface area contributed by atoms with Crippen LogP contribution >= 0.6 is 0 Å². The molecule has 422 valence electrons. The molecule has 0 aromatic carbocycles. The van der Waals surface area contributed by atoms with Crippen LogP contribution in [0.25, 0.3) is 0 Å². The molecule has 0 aliphatic rings. The number of hydrogen-bond donors (Lipinski definition) is 1. The molecule has 5 heteroatoms. The monoisotopic (exact) mass is 1020 g/mol. The van der Waals surface area contributed by atoms with Gasteiger partial charge < -0.3 is 14.6 Å². The molecular formula is C69H116O5. The Balaban J connectivity index is 3.58. The van der Waals surface area contributed by atoms with E-state index in [2.05, 4.69) is 135 Å². The van der Waals surface area contributed by atoms with Crippen LogP contribution in [0.2, 0.25) is 0 Å². The summed E-state index contributed by atoms with van der Waals surface area (Å²) in [5.41, 5.74) is 0. The molecule has 0 radical (unpaired) electrons. The Labute approximate surface area is 458 Å². The maximum absolute atomic E-state index is 12.3. The highest BCUT2D eigenvalue weighted by molar-refractivity contribution is 5.70. The van der Waals surface area contributed by atoms with Gasteiger partial charge in [0.1, 0.15) is 6.61 Å². The summed E-state index contributed by atoms with van der Waals surface area (Å²) in [5, 5.41) is 9.66. The molecule has 0 aromatic heterocycles. The van der Waals surface area contributed by atoms with Crippen LogP contribution in [0.5, 0.6) is 0 Å². The Kier molecular flexibility index (Phi) is 60.4. The third-order valence-corrected chi connectivity index (χ3v) is 13.2. The summed E-state index contributed by atoms with van der Waals surface area (Å²) in [6.45, 7) is 4.00. The van der Waals surface area contributed by atoms with Gasteiger partial charge in [-0.15, -0.1) is 0 Å². The van der Waals surface area contributed by atoms with Crippen molar-refractivity contribution in [1.29, 1.82) is 0 Å². The Morgan fingerprint density at radius 3 is 0.932 bits per heavy atom. The summed E-state index contributed by atoms with van der Waals surface area (Å²) in [5.74, 6) is -0.659. The van der Waals surface area contributed by atoms with Crippen LogP contribution < -0.4 is 0 Å². The summed E-state index contributed by atoms with van der Waals surface area (Å²) < 4.78 is 10.7. The first kappa shape index (κ1) is 70.3. The van der Waals surface area contributed by atoms with Crippen LogP contribution in [0.1, 0.15) is 284 Å². The highest BCUT2D eigenvalue weighted by atomic mass is 16.6. The van der Waals surface area contributed by atoms with Crippen molar-refractivity contribution in [1.82, 2.24) is 0 Å². The predicted octanol–water partition coefficient (Wildman–Crippen LogP) is 21.4. The van der Waals surface area contributed by atoms with E-state index in [9.17, 15) is 14.7 Å². The average molecular weight is 1030 g/mol. The molecule has 0 saturated heterocycles. The number of aliphatic hydroxyl groups excluding tert-OH is 1. The molecule has 0 rings (SSSR count). The zero-order valence-electron chi connectivity index (χ0n) is 48.3. The van der Waals surface area contributed by atoms with Crippen LogP contribution in [0.3, 0.4) is 0 Å². The molecule has 0 bridgehead atoms. The highest BCUT2D eigenvalue weighted by Crippen LogP contribution is 2.16. The lowest BCUT2D eigenvalue weighted by Gasteiger charge is -2.15. The SMILES string of the molecule is CC/C=C\C/C=C\C/C=C\C/C=C\C/C=C\C/C=C\C/C=C\C/C=C\C/C=C\CCCC(=O)OC(CO)COC(=O)CCCCCCCCCCCCCCCCCCCCC/C=C\CCCCCCCCCC. The van der Waals surface area contributed by atoms with E-state index >= 15 is 0 Å². The van der Waals surface area contributed by atoms with Crippen LogP contribution in [-0.4, -0.2) is 36.4 Å². The van der Waals surface area contributed by atoms with Crippen LogP contribution in [0, 0.1) is 0 Å². The van der Waals surface area contributed by atoms with Crippen molar-refractivity contribution in [3.63, 3.8) is 0 Å². The van der Waals surface area contributed by atoms with E-state index in [-0.39, 0.29) is 31.6 Å². The Hall–Kier alpha value is -3.70. The summed E-state index contributed by atoms with van der Waals surface area (Å²) in [6, 6.07) is 0. The Bertz CT molecular complexity index is 1490. The second-order valence-electron chi connectivity index (χ2n) is 20.4. The third kappa shape index (κ3) is 60.9. The van der Waals surface area contributed by atoms with Gasteiger partial charge in [-0.2, -0.15) is 0 Å². The zero-order chi connectivity index (χ0) is 53.4. The molecule has 0 saturated carbocycles. The molecule has 1 N–H and O–H groups in total. The maximum Gasteiger partial charge on any atom is 0.306 e. The van der Waals surface area contributed by atoms with E-state index in [1.54, 1.807) is 0 Å². The van der Waals surface area contributed by atoms with E-state index in [0.29, 0.717) is 12.8 Å². The van der Waals surface area contributed by atoms with Gasteiger partial charge in [-0.05, 0) is 103 Å². The molecule has 1 atom stereocenters. The van der Waals surface area contributed by atoms with Gasteiger partial charge in [0.2, 0.25) is 0 Å². The Morgan fingerprint density at radius 1 is 0.324 bits per heavy atom. The summed E-state index contributed by atoms with van der Waals surface area (Å²) in [6.07, 6.45) is 93.4. The fraction of sp³-hybridized carbons (Fsp3) is 0.681. The number of ether oxygens (including phenoxy) is 2. The highest BCUT2D eigenvalue weighted by Gasteiger charge is 2.16. The first-order chi connectivity index (χ1) is 36.6. The van der Waals surface area contributed by atoms with Gasteiger partial charge in [-0.1, -0.05) is 289 Å². The summed E-state index contributed by atoms with van der Waals surface area (Å²) >= 11 is 0. The number of hydrogen-bond acceptors (Lipinski definition) is 5. The van der Waals surface area contributed by atoms with Crippen molar-refractivity contribution in [3.8, 4) is 0 Å². The van der Waals surface area contributed by atoms with Crippen molar-refractivity contribution in [2.24, 2.45) is 0 Å². The van der Waals surface area contributed by atoms with Gasteiger partial charge in [-0.3, -0.25) is 9.59 Å². The van der Waals surface area contributed by atoms with Crippen molar-refractivity contribution >= 4 is 11.9 Å². The maximum atomic E-state index is 12.3. The lowest BCUT2D eigenvalue weighted by atomic mass is 10.0. The lowest BCUT2D eigenvalue weighted by molar-refractivity contribution is -0.161. The van der Waals surface area contributed by atoms with Crippen molar-refractivity contribution in [3.05, 3.63) is 122 Å². The largest absolute Gasteiger partial charge is 0.462 e. The van der Waals surface area contributed by atoms with Crippen LogP contribution in [0.15, 0.2) is 122 Å². The van der Waals surface area contributed by atoms with E-state index in [4.69, 9.17) is 9.47 Å². The van der Waals surface area contributed by atoms with Crippen molar-refractivity contribution < 1.29 is 24.2 Å². The fourth-order valence-corrected chi connectivity index (χ4v) is 8.61. The normalized spacial score (nSPS) is 13.1. The smallest absolute Gasteiger partial charge is 0.306 e. The minimum absolute atomic E-state index is 0.0942. The summed E-state index contributed by atoms with van der Waals surface area (Å²) in [7, 11) is 0. The number of esters is 2. The molecule has 0 amide bonds. The van der Waals surface area contributed by atoms with Gasteiger partial charge in [-0.25, -0.2) is 0 Å². The first-order valence-electron chi connectivity index (χ1n) is 31.1. The van der Waals surface area contributed by atoms with Gasteiger partial charge in [0.05, 0.1) is 6.61 Å². The van der Waals surface area contributed by atoms with Gasteiger partial charge >= 0.3 is 11.9 Å². The van der Waals surface area contributed by atoms with Gasteiger partial charge in [0.15, 0.2) is 6.10 Å². The lowest BCUT2D eigenvalue weighted by Crippen LogP contribution is -2.28. The van der Waals surface area contributed by atoms with Crippen LogP contribution in [0.4, 0.5) is 0 Å². The van der Waals surface area contributed by atoms with E-state index in [1.165, 1.54) is 167 Å². The minimum atomic E-state index is -0.812. The minimum Gasteiger partial charge on any atom is -0.462 e. The Morgan fingerprint density at radius 2 is 0.595 bits per heavy atom. The molecule has 0 spiro atoms. The van der Waals surface area contributed by atoms with Crippen molar-refractivity contribution in [2.75, 3.05) is 13.2 Å². The van der Waals surface area contributed by atoms with E-state index in [0.717, 1.165) is 83.5 Å². The second-order valence-corrected chi connectivity index (χ2v) is 20.4. The molecule has 0 aromatic rings. The molecule has 0 heterocycles. The number of allylic oxidation sites excluding steroid dienone is 20. The zero-order valence-corrected chi connectivity index (χ0v) is 48.3. The second kappa shape index (κ2) is 63.6. The molecule has 0 aliphatic heterocycles. The quantitative estimate of drug-likeness (QED) is 0.0373. The fourth-order valence-electron chi connectivity index (χ4n) is 8.61. The number of rotatable bonds is 56. The van der Waals surface area contributed by atoms with Crippen molar-refractivity contribution in [2.45, 2.75) is 290 Å². The van der Waals surface area contributed by atoms with E-state index < -0.39 is 6.10 Å². The average Bonchev–Trinajstić information content (AvgIpc) is 3.40. The molecule has 5 nitrogen and oxygen atoms in total. The topological polar surface area (TPSA) is 72.8 Å². The van der Waals surface area contributed by atoms with Gasteiger partial charge in [0, 0.05) is 12.8 Å². The molecule has 74 heavy (non-hydrogen) atoms. The number of aliphatic hydroxyl groups is 1. The standard InChI is InChI=1S/C69H116O5/c1-3-5-7-9-11-13-15-17-19-21-23-25-27-29-31-33-34-36-37-39-41-43-45-47-49-51-53-55-57-59-61-63-68(71)73-66-67(65-70)74-69(72)64-62-60-58-56-54-52-50-48-46-44-42-40-38-35-32-30-28-26-24-22-20-18-16-14-12-10-8-6-4-2/h6,8,12,14,18,20-21,23-24,26,30,32,38,40,44,46,50,52,56,58,67,70H,3-5,7,9-11,13,15-17,19,22,25,27-29,31,33-37,39,41-43,45,47-49,51,53-55,57,59-66H2,1-2H3/b8-6-,14-12-,20-18-,23-21-,26-24-,32-30-,40-38-,46-44-,52-50-,58-56-. The number of carbonyl (C=O) groups is 2. The predicted molar refractivity (Wildman–Crippen MR) is 325 cm³/mol. The van der Waals surface area contributed by atoms with Crippen LogP contribution in [-0.2, 0) is 19.1 Å². The van der Waals surface area contributed by atoms with E-state index in [1.807, 2.05) is 0 Å². The van der Waals surface area contributed by atoms with Gasteiger partial charge in [0.25, 0.3) is 0 Å². The number of unbranched alkanes of at least 4 members (excludes halogenated alkanes) is 28. The number of carbonyl (C=O) groups excluding carboxylic acids is 2. The molecule has 0 fully saturated rings. The third-order valence-electron chi connectivity index (χ3n) is 13.2.